The number of halogens is 1. The zero-order chi connectivity index (χ0) is 15.6. The van der Waals surface area contributed by atoms with E-state index in [0.717, 1.165) is 0 Å². The molecule has 0 aliphatic carbocycles. The van der Waals surface area contributed by atoms with E-state index in [9.17, 15) is 13.7 Å². The molecule has 20 heavy (non-hydrogen) atoms. The lowest BCUT2D eigenvalue weighted by atomic mass is 9.90. The Balaban J connectivity index is 3.13. The van der Waals surface area contributed by atoms with Crippen LogP contribution in [0, 0.1) is 5.82 Å². The van der Waals surface area contributed by atoms with Gasteiger partial charge in [0.25, 0.3) is 0 Å². The summed E-state index contributed by atoms with van der Waals surface area (Å²) in [6.45, 7) is 6.95. The second-order valence-corrected chi connectivity index (χ2v) is 7.86. The normalized spacial score (nSPS) is 16.5. The first-order valence-electron chi connectivity index (χ1n) is 6.22. The molecule has 112 valence electrons. The highest BCUT2D eigenvalue weighted by Gasteiger charge is 2.38. The summed E-state index contributed by atoms with van der Waals surface area (Å²) in [5, 5.41) is 9.06. The van der Waals surface area contributed by atoms with Crippen molar-refractivity contribution in [3.8, 4) is 0 Å². The predicted octanol–water partition coefficient (Wildman–Crippen LogP) is 2.57. The molecule has 0 heterocycles. The first kappa shape index (κ1) is 16.9. The van der Waals surface area contributed by atoms with Gasteiger partial charge >= 0.3 is 5.97 Å². The molecule has 0 saturated carbocycles. The van der Waals surface area contributed by atoms with Crippen LogP contribution in [0.3, 0.4) is 0 Å². The van der Waals surface area contributed by atoms with Crippen molar-refractivity contribution in [2.24, 2.45) is 0 Å². The molecule has 1 aromatic carbocycles. The van der Waals surface area contributed by atoms with E-state index in [2.05, 4.69) is 4.72 Å². The van der Waals surface area contributed by atoms with E-state index in [1.807, 2.05) is 0 Å². The van der Waals surface area contributed by atoms with Gasteiger partial charge in [0.1, 0.15) is 10.6 Å². The highest BCUT2D eigenvalue weighted by molar-refractivity contribution is 7.90. The number of benzene rings is 1. The van der Waals surface area contributed by atoms with Crippen LogP contribution in [-0.4, -0.2) is 20.4 Å². The van der Waals surface area contributed by atoms with Crippen LogP contribution in [0.5, 0.6) is 0 Å². The van der Waals surface area contributed by atoms with Gasteiger partial charge in [-0.3, -0.25) is 4.79 Å². The van der Waals surface area contributed by atoms with Crippen LogP contribution >= 0.6 is 0 Å². The quantitative estimate of drug-likeness (QED) is 0.820. The molecule has 6 heteroatoms. The van der Waals surface area contributed by atoms with Crippen LogP contribution in [0.15, 0.2) is 24.3 Å². The van der Waals surface area contributed by atoms with Crippen molar-refractivity contribution < 1.29 is 18.8 Å². The monoisotopic (exact) mass is 301 g/mol. The third-order valence-electron chi connectivity index (χ3n) is 2.84. The van der Waals surface area contributed by atoms with Crippen LogP contribution in [0.25, 0.3) is 0 Å². The summed E-state index contributed by atoms with van der Waals surface area (Å²) in [6.07, 6.45) is -0.293. The molecule has 1 unspecified atom stereocenters. The maximum Gasteiger partial charge on any atom is 0.305 e. The van der Waals surface area contributed by atoms with Crippen molar-refractivity contribution >= 4 is 17.3 Å². The summed E-state index contributed by atoms with van der Waals surface area (Å²) in [5.74, 6) is -1.50. The minimum Gasteiger partial charge on any atom is -0.598 e. The molecule has 2 N–H and O–H groups in total. The van der Waals surface area contributed by atoms with Crippen LogP contribution in [0.2, 0.25) is 0 Å². The van der Waals surface area contributed by atoms with Crippen molar-refractivity contribution in [2.75, 3.05) is 0 Å². The molecule has 0 amide bonds. The summed E-state index contributed by atoms with van der Waals surface area (Å²) in [4.78, 5) is 11.1. The number of rotatable bonds is 5. The SMILES string of the molecule is CC(C)(C)[S+]([O-])N[C@](C)(CC(=O)O)c1cccc(F)c1. The fourth-order valence-electron chi connectivity index (χ4n) is 1.69. The Bertz CT molecular complexity index is 490. The van der Waals surface area contributed by atoms with E-state index >= 15 is 0 Å². The minimum absolute atomic E-state index is 0.293. The second-order valence-electron chi connectivity index (χ2n) is 5.90. The lowest BCUT2D eigenvalue weighted by molar-refractivity contribution is -0.138. The van der Waals surface area contributed by atoms with E-state index in [1.54, 1.807) is 33.8 Å². The maximum atomic E-state index is 13.4. The van der Waals surface area contributed by atoms with Gasteiger partial charge in [-0.1, -0.05) is 12.1 Å². The first-order valence-corrected chi connectivity index (χ1v) is 7.37. The van der Waals surface area contributed by atoms with Crippen molar-refractivity contribution in [1.29, 1.82) is 0 Å². The highest BCUT2D eigenvalue weighted by atomic mass is 32.2. The summed E-state index contributed by atoms with van der Waals surface area (Å²) in [5.41, 5.74) is -0.649. The molecule has 4 nitrogen and oxygen atoms in total. The molecular formula is C14H20FNO3S. The minimum atomic E-state index is -1.47. The van der Waals surface area contributed by atoms with Crippen molar-refractivity contribution in [3.05, 3.63) is 35.6 Å². The van der Waals surface area contributed by atoms with E-state index in [1.165, 1.54) is 18.2 Å². The van der Waals surface area contributed by atoms with Gasteiger partial charge in [-0.15, -0.1) is 4.72 Å². The molecule has 1 aromatic rings. The molecule has 0 aliphatic heterocycles. The van der Waals surface area contributed by atoms with E-state index in [4.69, 9.17) is 5.11 Å². The number of carbonyl (C=O) groups is 1. The summed E-state index contributed by atoms with van der Waals surface area (Å²) < 4.78 is 27.9. The van der Waals surface area contributed by atoms with Gasteiger partial charge in [-0.2, -0.15) is 0 Å². The van der Waals surface area contributed by atoms with E-state index in [0.29, 0.717) is 5.56 Å². The number of carboxylic acids is 1. The second kappa shape index (κ2) is 6.11. The Morgan fingerprint density at radius 3 is 2.45 bits per heavy atom. The van der Waals surface area contributed by atoms with Crippen LogP contribution < -0.4 is 4.72 Å². The molecule has 0 bridgehead atoms. The molecule has 0 fully saturated rings. The van der Waals surface area contributed by atoms with Gasteiger partial charge in [0.15, 0.2) is 0 Å². The predicted molar refractivity (Wildman–Crippen MR) is 77.0 cm³/mol. The molecule has 0 radical (unpaired) electrons. The van der Waals surface area contributed by atoms with Gasteiger partial charge < -0.3 is 9.66 Å². The topological polar surface area (TPSA) is 72.4 Å². The third-order valence-corrected chi connectivity index (χ3v) is 4.59. The molecule has 0 aromatic heterocycles. The average Bonchev–Trinajstić information content (AvgIpc) is 2.26. The maximum absolute atomic E-state index is 13.4. The van der Waals surface area contributed by atoms with Crippen molar-refractivity contribution in [2.45, 2.75) is 44.4 Å². The van der Waals surface area contributed by atoms with E-state index < -0.39 is 33.4 Å². The highest BCUT2D eigenvalue weighted by Crippen LogP contribution is 2.29. The van der Waals surface area contributed by atoms with Gasteiger partial charge in [-0.25, -0.2) is 4.39 Å². The van der Waals surface area contributed by atoms with Gasteiger partial charge in [-0.05, 0) is 45.4 Å². The zero-order valence-electron chi connectivity index (χ0n) is 12.1. The van der Waals surface area contributed by atoms with Crippen molar-refractivity contribution in [1.82, 2.24) is 4.72 Å². The Morgan fingerprint density at radius 2 is 2.00 bits per heavy atom. The fraction of sp³-hybridized carbons (Fsp3) is 0.500. The van der Waals surface area contributed by atoms with Gasteiger partial charge in [0.2, 0.25) is 0 Å². The lowest BCUT2D eigenvalue weighted by Gasteiger charge is -2.34. The standard InChI is InChI=1S/C14H20FNO3S/c1-13(2,3)20(19)16-14(4,9-12(17)18)10-6-5-7-11(15)8-10/h5-8,16H,9H2,1-4H3,(H,17,18)/t14-,20?/m1/s1. The van der Waals surface area contributed by atoms with Crippen molar-refractivity contribution in [3.63, 3.8) is 0 Å². The number of hydrogen-bond donors (Lipinski definition) is 2. The van der Waals surface area contributed by atoms with Gasteiger partial charge in [0.05, 0.1) is 12.0 Å². The van der Waals surface area contributed by atoms with Crippen LogP contribution in [0.4, 0.5) is 4.39 Å². The number of aliphatic carboxylic acids is 1. The Kier molecular flexibility index (Phi) is 5.18. The largest absolute Gasteiger partial charge is 0.598 e. The molecular weight excluding hydrogens is 281 g/mol. The molecule has 1 rings (SSSR count). The fourth-order valence-corrected chi connectivity index (χ4v) is 2.59. The average molecular weight is 301 g/mol. The third kappa shape index (κ3) is 4.47. The van der Waals surface area contributed by atoms with Crippen LogP contribution in [-0.2, 0) is 21.7 Å². The molecule has 0 aliphatic rings. The smallest absolute Gasteiger partial charge is 0.305 e. The Morgan fingerprint density at radius 1 is 1.40 bits per heavy atom. The molecule has 2 atom stereocenters. The molecule has 0 spiro atoms. The number of hydrogen-bond acceptors (Lipinski definition) is 3. The summed E-state index contributed by atoms with van der Waals surface area (Å²) in [6, 6.07) is 5.67. The first-order chi connectivity index (χ1) is 9.04. The Hall–Kier alpha value is -1.11. The Labute approximate surface area is 121 Å². The molecule has 0 saturated heterocycles. The van der Waals surface area contributed by atoms with Crippen LogP contribution in [0.1, 0.15) is 39.7 Å². The zero-order valence-corrected chi connectivity index (χ0v) is 12.9. The van der Waals surface area contributed by atoms with E-state index in [-0.39, 0.29) is 6.42 Å². The number of carboxylic acid groups (broad SMARTS) is 1. The number of nitrogens with one attached hydrogen (secondary N) is 1. The van der Waals surface area contributed by atoms with Gasteiger partial charge in [0, 0.05) is 11.4 Å². The lowest BCUT2D eigenvalue weighted by Crippen LogP contribution is -2.50. The summed E-state index contributed by atoms with van der Waals surface area (Å²) in [7, 11) is 0. The summed E-state index contributed by atoms with van der Waals surface area (Å²) >= 11 is -1.47.